The molecule has 0 saturated carbocycles. The first-order valence-corrected chi connectivity index (χ1v) is 9.03. The van der Waals surface area contributed by atoms with Gasteiger partial charge in [0.1, 0.15) is 11.9 Å². The lowest BCUT2D eigenvalue weighted by molar-refractivity contribution is -0.531. The van der Waals surface area contributed by atoms with E-state index in [9.17, 15) is 10.1 Å². The van der Waals surface area contributed by atoms with Crippen molar-refractivity contribution in [1.82, 2.24) is 9.97 Å². The summed E-state index contributed by atoms with van der Waals surface area (Å²) in [5, 5.41) is 10.6. The molecular weight excluding hydrogens is 342 g/mol. The third-order valence-corrected chi connectivity index (χ3v) is 4.40. The van der Waals surface area contributed by atoms with E-state index in [-0.39, 0.29) is 0 Å². The van der Waals surface area contributed by atoms with Gasteiger partial charge in [-0.05, 0) is 24.5 Å². The highest BCUT2D eigenvalue weighted by molar-refractivity contribution is 5.68. The topological polar surface area (TPSA) is 81.1 Å². The van der Waals surface area contributed by atoms with Crippen LogP contribution >= 0.6 is 0 Å². The van der Waals surface area contributed by atoms with E-state index in [2.05, 4.69) is 53.3 Å². The first-order chi connectivity index (χ1) is 13.1. The fourth-order valence-corrected chi connectivity index (χ4v) is 2.94. The fourth-order valence-electron chi connectivity index (χ4n) is 2.94. The average molecular weight is 365 g/mol. The molecular formula is C21H23N3O3. The standard InChI is InChI=1S/C21H23N3O3/c1-3-4-20(27-14-24(25)26)21-22-13-19(23-21)18-11-9-17(10-12-18)16-7-5-15(2)6-8-16/h5-13,20H,3-4,14H2,1-2H3,(H,22,23). The van der Waals surface area contributed by atoms with Crippen molar-refractivity contribution in [2.24, 2.45) is 0 Å². The molecule has 0 amide bonds. The number of ether oxygens (including phenoxy) is 1. The first kappa shape index (κ1) is 18.8. The van der Waals surface area contributed by atoms with Gasteiger partial charge >= 0.3 is 6.73 Å². The Balaban J connectivity index is 1.76. The number of nitrogens with one attached hydrogen (secondary N) is 1. The van der Waals surface area contributed by atoms with Crippen LogP contribution in [0.15, 0.2) is 54.7 Å². The largest absolute Gasteiger partial charge is 0.346 e. The summed E-state index contributed by atoms with van der Waals surface area (Å²) < 4.78 is 5.37. The number of H-pyrrole nitrogens is 1. The molecule has 0 aliphatic carbocycles. The van der Waals surface area contributed by atoms with Crippen LogP contribution < -0.4 is 0 Å². The van der Waals surface area contributed by atoms with Gasteiger partial charge in [-0.2, -0.15) is 0 Å². The Morgan fingerprint density at radius 2 is 1.67 bits per heavy atom. The highest BCUT2D eigenvalue weighted by Crippen LogP contribution is 2.26. The maximum absolute atomic E-state index is 10.6. The third-order valence-electron chi connectivity index (χ3n) is 4.40. The number of nitro groups is 1. The maximum Gasteiger partial charge on any atom is 0.306 e. The highest BCUT2D eigenvalue weighted by Gasteiger charge is 2.18. The lowest BCUT2D eigenvalue weighted by Crippen LogP contribution is -2.12. The van der Waals surface area contributed by atoms with Crippen LogP contribution in [0.25, 0.3) is 22.4 Å². The monoisotopic (exact) mass is 365 g/mol. The lowest BCUT2D eigenvalue weighted by Gasteiger charge is -2.11. The average Bonchev–Trinajstić information content (AvgIpc) is 3.16. The molecule has 0 spiro atoms. The number of imidazole rings is 1. The lowest BCUT2D eigenvalue weighted by atomic mass is 10.0. The van der Waals surface area contributed by atoms with Gasteiger partial charge in [-0.3, -0.25) is 10.1 Å². The summed E-state index contributed by atoms with van der Waals surface area (Å²) in [5.41, 5.74) is 5.34. The van der Waals surface area contributed by atoms with E-state index in [1.165, 1.54) is 11.1 Å². The van der Waals surface area contributed by atoms with Gasteiger partial charge < -0.3 is 9.72 Å². The molecule has 6 heteroatoms. The van der Waals surface area contributed by atoms with Gasteiger partial charge in [0.25, 0.3) is 0 Å². The number of hydrogen-bond acceptors (Lipinski definition) is 4. The van der Waals surface area contributed by atoms with Crippen molar-refractivity contribution >= 4 is 0 Å². The van der Waals surface area contributed by atoms with Gasteiger partial charge in [-0.15, -0.1) is 0 Å². The normalized spacial score (nSPS) is 12.1. The maximum atomic E-state index is 10.6. The molecule has 27 heavy (non-hydrogen) atoms. The third kappa shape index (κ3) is 4.80. The van der Waals surface area contributed by atoms with Gasteiger partial charge in [-0.1, -0.05) is 67.4 Å². The number of aryl methyl sites for hydroxylation is 1. The predicted molar refractivity (Wildman–Crippen MR) is 105 cm³/mol. The fraction of sp³-hybridized carbons (Fsp3) is 0.286. The summed E-state index contributed by atoms with van der Waals surface area (Å²) in [6.07, 6.45) is 2.94. The summed E-state index contributed by atoms with van der Waals surface area (Å²) in [6, 6.07) is 16.6. The van der Waals surface area contributed by atoms with E-state index >= 15 is 0 Å². The predicted octanol–water partition coefficient (Wildman–Crippen LogP) is 5.14. The van der Waals surface area contributed by atoms with Gasteiger partial charge in [-0.25, -0.2) is 4.98 Å². The van der Waals surface area contributed by atoms with Crippen LogP contribution in [0.1, 0.15) is 37.3 Å². The summed E-state index contributed by atoms with van der Waals surface area (Å²) in [6.45, 7) is 3.56. The minimum absolute atomic E-state index is 0.402. The Kier molecular flexibility index (Phi) is 5.98. The van der Waals surface area contributed by atoms with Crippen LogP contribution in [0.4, 0.5) is 0 Å². The van der Waals surface area contributed by atoms with E-state index in [4.69, 9.17) is 4.74 Å². The summed E-state index contributed by atoms with van der Waals surface area (Å²) in [7, 11) is 0. The van der Waals surface area contributed by atoms with Crippen molar-refractivity contribution in [3.63, 3.8) is 0 Å². The zero-order valence-corrected chi connectivity index (χ0v) is 15.5. The molecule has 1 heterocycles. The first-order valence-electron chi connectivity index (χ1n) is 9.03. The van der Waals surface area contributed by atoms with Crippen LogP contribution in [0.2, 0.25) is 0 Å². The Hall–Kier alpha value is -2.99. The Bertz CT molecular complexity index is 886. The van der Waals surface area contributed by atoms with Crippen LogP contribution in [0.3, 0.4) is 0 Å². The van der Waals surface area contributed by atoms with Crippen LogP contribution in [0.5, 0.6) is 0 Å². The molecule has 1 N–H and O–H groups in total. The van der Waals surface area contributed by atoms with Crippen molar-refractivity contribution in [3.8, 4) is 22.4 Å². The second-order valence-electron chi connectivity index (χ2n) is 6.52. The number of nitrogens with zero attached hydrogens (tertiary/aromatic N) is 2. The minimum atomic E-state index is -0.522. The molecule has 140 valence electrons. The van der Waals surface area contributed by atoms with Crippen molar-refractivity contribution in [1.29, 1.82) is 0 Å². The van der Waals surface area contributed by atoms with Crippen LogP contribution in [-0.2, 0) is 4.74 Å². The van der Waals surface area contributed by atoms with Gasteiger partial charge in [0.2, 0.25) is 0 Å². The quantitative estimate of drug-likeness (QED) is 0.340. The molecule has 0 fully saturated rings. The van der Waals surface area contributed by atoms with Crippen LogP contribution in [0, 0.1) is 17.0 Å². The Labute approximate surface area is 158 Å². The van der Waals surface area contributed by atoms with Gasteiger partial charge in [0.05, 0.1) is 5.69 Å². The van der Waals surface area contributed by atoms with Crippen molar-refractivity contribution < 1.29 is 9.66 Å². The minimum Gasteiger partial charge on any atom is -0.346 e. The molecule has 3 aromatic rings. The van der Waals surface area contributed by atoms with E-state index in [0.717, 1.165) is 23.2 Å². The smallest absolute Gasteiger partial charge is 0.306 e. The molecule has 0 radical (unpaired) electrons. The Morgan fingerprint density at radius 1 is 1.07 bits per heavy atom. The number of aromatic nitrogens is 2. The van der Waals surface area contributed by atoms with E-state index in [1.807, 2.05) is 25.3 Å². The second kappa shape index (κ2) is 8.60. The van der Waals surface area contributed by atoms with Crippen LogP contribution in [-0.4, -0.2) is 21.6 Å². The highest BCUT2D eigenvalue weighted by atomic mass is 16.7. The van der Waals surface area contributed by atoms with E-state index < -0.39 is 17.8 Å². The summed E-state index contributed by atoms with van der Waals surface area (Å²) in [5.74, 6) is 0.622. The number of hydrogen-bond donors (Lipinski definition) is 1. The molecule has 0 aliphatic heterocycles. The molecule has 2 aromatic carbocycles. The van der Waals surface area contributed by atoms with E-state index in [0.29, 0.717) is 12.2 Å². The van der Waals surface area contributed by atoms with E-state index in [1.54, 1.807) is 0 Å². The molecule has 3 rings (SSSR count). The summed E-state index contributed by atoms with van der Waals surface area (Å²) in [4.78, 5) is 17.8. The molecule has 1 aromatic heterocycles. The molecule has 1 atom stereocenters. The second-order valence-corrected chi connectivity index (χ2v) is 6.52. The molecule has 6 nitrogen and oxygen atoms in total. The summed E-state index contributed by atoms with van der Waals surface area (Å²) >= 11 is 0. The Morgan fingerprint density at radius 3 is 2.26 bits per heavy atom. The molecule has 0 bridgehead atoms. The SMILES string of the molecule is CCCC(OC[N+](=O)[O-])c1nc(-c2ccc(-c3ccc(C)cc3)cc2)c[nH]1. The zero-order valence-electron chi connectivity index (χ0n) is 15.5. The van der Waals surface area contributed by atoms with Gasteiger partial charge in [0, 0.05) is 16.7 Å². The van der Waals surface area contributed by atoms with Crippen molar-refractivity contribution in [2.75, 3.05) is 6.73 Å². The molecule has 0 aliphatic rings. The number of rotatable bonds is 8. The zero-order chi connectivity index (χ0) is 19.2. The van der Waals surface area contributed by atoms with Gasteiger partial charge in [0.15, 0.2) is 0 Å². The molecule has 0 saturated heterocycles. The number of benzene rings is 2. The molecule has 1 unspecified atom stereocenters. The number of aromatic amines is 1. The van der Waals surface area contributed by atoms with Crippen molar-refractivity contribution in [3.05, 3.63) is 76.2 Å². The van der Waals surface area contributed by atoms with Crippen molar-refractivity contribution in [2.45, 2.75) is 32.8 Å².